The molecule has 1 aromatic heterocycles. The van der Waals surface area contributed by atoms with Crippen molar-refractivity contribution in [1.29, 1.82) is 0 Å². The second-order valence-electron chi connectivity index (χ2n) is 8.80. The van der Waals surface area contributed by atoms with Crippen LogP contribution in [0.25, 0.3) is 0 Å². The molecule has 29 heavy (non-hydrogen) atoms. The van der Waals surface area contributed by atoms with Crippen LogP contribution < -0.4 is 5.32 Å². The van der Waals surface area contributed by atoms with Gasteiger partial charge in [0.2, 0.25) is 11.8 Å². The van der Waals surface area contributed by atoms with Gasteiger partial charge in [-0.2, -0.15) is 0 Å². The van der Waals surface area contributed by atoms with Crippen molar-refractivity contribution in [3.8, 4) is 0 Å². The zero-order valence-corrected chi connectivity index (χ0v) is 16.6. The van der Waals surface area contributed by atoms with Crippen molar-refractivity contribution in [3.05, 3.63) is 47.0 Å². The van der Waals surface area contributed by atoms with Crippen molar-refractivity contribution in [3.63, 3.8) is 0 Å². The minimum absolute atomic E-state index is 0.0310. The van der Waals surface area contributed by atoms with Crippen LogP contribution in [-0.4, -0.2) is 50.7 Å². The lowest BCUT2D eigenvalue weighted by Crippen LogP contribution is -2.55. The maximum Gasteiger partial charge on any atom is 0.250 e. The molecule has 0 aliphatic carbocycles. The Balaban J connectivity index is 1.41. The number of nitrogens with zero attached hydrogens (tertiary/aromatic N) is 3. The van der Waals surface area contributed by atoms with E-state index < -0.39 is 5.54 Å². The molecule has 0 unspecified atom stereocenters. The van der Waals surface area contributed by atoms with Gasteiger partial charge in [-0.1, -0.05) is 18.2 Å². The maximum absolute atomic E-state index is 13.8. The summed E-state index contributed by atoms with van der Waals surface area (Å²) in [7, 11) is 0. The van der Waals surface area contributed by atoms with Crippen molar-refractivity contribution in [1.82, 2.24) is 19.8 Å². The third-order valence-electron chi connectivity index (χ3n) is 7.33. The lowest BCUT2D eigenvalue weighted by molar-refractivity contribution is -0.145. The van der Waals surface area contributed by atoms with Gasteiger partial charge in [-0.25, -0.2) is 4.98 Å². The third-order valence-corrected chi connectivity index (χ3v) is 7.33. The van der Waals surface area contributed by atoms with Crippen molar-refractivity contribution >= 4 is 17.5 Å². The van der Waals surface area contributed by atoms with Crippen LogP contribution in [0.3, 0.4) is 0 Å². The Kier molecular flexibility index (Phi) is 3.51. The largest absolute Gasteiger partial charge is 0.344 e. The predicted molar refractivity (Wildman–Crippen MR) is 107 cm³/mol. The SMILES string of the molecule is Cc1nc2c([nH]1)CN(C(=O)[C@H]1C[C@H]3CCCN3[C@]13C(=O)Nc1ccccc13)CC2. The number of nitrogens with one attached hydrogen (secondary N) is 2. The van der Waals surface area contributed by atoms with E-state index in [-0.39, 0.29) is 17.7 Å². The van der Waals surface area contributed by atoms with Gasteiger partial charge in [-0.05, 0) is 38.8 Å². The van der Waals surface area contributed by atoms with E-state index in [1.165, 1.54) is 0 Å². The molecule has 0 saturated carbocycles. The first-order valence-corrected chi connectivity index (χ1v) is 10.6. The number of aromatic amines is 1. The van der Waals surface area contributed by atoms with Gasteiger partial charge < -0.3 is 15.2 Å². The van der Waals surface area contributed by atoms with E-state index in [1.54, 1.807) is 0 Å². The fraction of sp³-hybridized carbons (Fsp3) is 0.500. The number of amides is 2. The first kappa shape index (κ1) is 17.2. The van der Waals surface area contributed by atoms with Gasteiger partial charge in [0, 0.05) is 30.3 Å². The molecule has 6 rings (SSSR count). The third kappa shape index (κ3) is 2.19. The van der Waals surface area contributed by atoms with Crippen LogP contribution >= 0.6 is 0 Å². The zero-order chi connectivity index (χ0) is 19.8. The molecule has 1 spiro atoms. The molecule has 7 nitrogen and oxygen atoms in total. The monoisotopic (exact) mass is 391 g/mol. The standard InChI is InChI=1S/C22H25N5O2/c1-13-23-18-8-10-26(12-19(18)24-13)20(28)16-11-14-5-4-9-27(14)22(16)15-6-2-3-7-17(15)25-21(22)29/h2-3,6-7,14,16H,4-5,8-12H2,1H3,(H,23,24)(H,25,29)/t14-,16-,22+/m1/s1. The molecule has 5 heterocycles. The van der Waals surface area contributed by atoms with Gasteiger partial charge in [-0.3, -0.25) is 14.5 Å². The molecule has 2 saturated heterocycles. The molecule has 150 valence electrons. The van der Waals surface area contributed by atoms with Gasteiger partial charge >= 0.3 is 0 Å². The smallest absolute Gasteiger partial charge is 0.250 e. The molecule has 1 aromatic carbocycles. The van der Waals surface area contributed by atoms with Crippen molar-refractivity contribution in [2.75, 3.05) is 18.4 Å². The minimum Gasteiger partial charge on any atom is -0.344 e. The van der Waals surface area contributed by atoms with Crippen molar-refractivity contribution < 1.29 is 9.59 Å². The molecule has 0 radical (unpaired) electrons. The van der Waals surface area contributed by atoms with Crippen molar-refractivity contribution in [2.45, 2.75) is 50.7 Å². The summed E-state index contributed by atoms with van der Waals surface area (Å²) in [4.78, 5) is 39.4. The number of carbonyl (C=O) groups is 2. The Hall–Kier alpha value is -2.67. The zero-order valence-electron chi connectivity index (χ0n) is 16.6. The summed E-state index contributed by atoms with van der Waals surface area (Å²) in [5.41, 5.74) is 3.07. The van der Waals surface area contributed by atoms with Crippen LogP contribution in [0.4, 0.5) is 5.69 Å². The van der Waals surface area contributed by atoms with Crippen LogP contribution in [0.5, 0.6) is 0 Å². The Labute approximate surface area is 169 Å². The summed E-state index contributed by atoms with van der Waals surface area (Å²) < 4.78 is 0. The number of aromatic nitrogens is 2. The molecule has 3 atom stereocenters. The van der Waals surface area contributed by atoms with Gasteiger partial charge in [0.1, 0.15) is 11.4 Å². The normalized spacial score (nSPS) is 30.4. The first-order chi connectivity index (χ1) is 14.1. The van der Waals surface area contributed by atoms with Gasteiger partial charge in [0.15, 0.2) is 0 Å². The Morgan fingerprint density at radius 2 is 2.14 bits per heavy atom. The summed E-state index contributed by atoms with van der Waals surface area (Å²) in [6, 6.07) is 8.20. The molecule has 2 fully saturated rings. The number of aryl methyl sites for hydroxylation is 1. The van der Waals surface area contributed by atoms with E-state index >= 15 is 0 Å². The number of imidazole rings is 1. The number of hydrogen-bond donors (Lipinski definition) is 2. The number of rotatable bonds is 1. The lowest BCUT2D eigenvalue weighted by atomic mass is 9.78. The van der Waals surface area contributed by atoms with Crippen molar-refractivity contribution in [2.24, 2.45) is 5.92 Å². The number of benzene rings is 1. The van der Waals surface area contributed by atoms with Crippen LogP contribution in [-0.2, 0) is 28.1 Å². The molecular weight excluding hydrogens is 366 g/mol. The topological polar surface area (TPSA) is 81.3 Å². The van der Waals surface area contributed by atoms with E-state index in [2.05, 4.69) is 20.2 Å². The fourth-order valence-electron chi connectivity index (χ4n) is 6.21. The highest BCUT2D eigenvalue weighted by atomic mass is 16.2. The van der Waals surface area contributed by atoms with Gasteiger partial charge in [0.25, 0.3) is 0 Å². The molecule has 7 heteroatoms. The minimum atomic E-state index is -0.862. The number of hydrogen-bond acceptors (Lipinski definition) is 4. The van der Waals surface area contributed by atoms with E-state index in [9.17, 15) is 9.59 Å². The van der Waals surface area contributed by atoms with Gasteiger partial charge in [-0.15, -0.1) is 0 Å². The molecule has 2 amide bonds. The quantitative estimate of drug-likeness (QED) is 0.778. The molecule has 2 aromatic rings. The first-order valence-electron chi connectivity index (χ1n) is 10.6. The molecule has 4 aliphatic rings. The fourth-order valence-corrected chi connectivity index (χ4v) is 6.21. The highest BCUT2D eigenvalue weighted by molar-refractivity contribution is 6.09. The van der Waals surface area contributed by atoms with Crippen LogP contribution in [0, 0.1) is 12.8 Å². The molecule has 4 aliphatic heterocycles. The van der Waals surface area contributed by atoms with Crippen LogP contribution in [0.2, 0.25) is 0 Å². The van der Waals surface area contributed by atoms with Gasteiger partial charge in [0.05, 0.1) is 23.9 Å². The summed E-state index contributed by atoms with van der Waals surface area (Å²) in [5, 5.41) is 3.08. The Bertz CT molecular complexity index is 1030. The highest BCUT2D eigenvalue weighted by Crippen LogP contribution is 2.55. The highest BCUT2D eigenvalue weighted by Gasteiger charge is 2.65. The number of anilines is 1. The van der Waals surface area contributed by atoms with E-state index in [4.69, 9.17) is 0 Å². The predicted octanol–water partition coefficient (Wildman–Crippen LogP) is 1.93. The number of H-pyrrole nitrogens is 1. The summed E-state index contributed by atoms with van der Waals surface area (Å²) >= 11 is 0. The summed E-state index contributed by atoms with van der Waals surface area (Å²) in [5.74, 6) is 0.620. The Morgan fingerprint density at radius 1 is 1.28 bits per heavy atom. The molecule has 2 N–H and O–H groups in total. The second kappa shape index (κ2) is 5.92. The summed E-state index contributed by atoms with van der Waals surface area (Å²) in [6.07, 6.45) is 3.67. The van der Waals surface area contributed by atoms with Crippen LogP contribution in [0.15, 0.2) is 24.3 Å². The molecular formula is C22H25N5O2. The average molecular weight is 391 g/mol. The summed E-state index contributed by atoms with van der Waals surface area (Å²) in [6.45, 7) is 4.04. The average Bonchev–Trinajstić information content (AvgIpc) is 3.44. The van der Waals surface area contributed by atoms with E-state index in [1.807, 2.05) is 36.1 Å². The maximum atomic E-state index is 13.8. The van der Waals surface area contributed by atoms with E-state index in [0.717, 1.165) is 60.7 Å². The number of fused-ring (bicyclic) bond motifs is 5. The Morgan fingerprint density at radius 3 is 3.03 bits per heavy atom. The number of para-hydroxylation sites is 1. The second-order valence-corrected chi connectivity index (χ2v) is 8.80. The lowest BCUT2D eigenvalue weighted by Gasteiger charge is -2.38. The van der Waals surface area contributed by atoms with Crippen LogP contribution in [0.1, 0.15) is 42.0 Å². The number of carbonyl (C=O) groups excluding carboxylic acids is 2. The molecule has 0 bridgehead atoms. The van der Waals surface area contributed by atoms with E-state index in [0.29, 0.717) is 19.1 Å².